The van der Waals surface area contributed by atoms with Crippen LogP contribution in [-0.2, 0) is 6.42 Å². The molecule has 0 fully saturated rings. The summed E-state index contributed by atoms with van der Waals surface area (Å²) in [4.78, 5) is 4.80. The zero-order valence-electron chi connectivity index (χ0n) is 9.35. The van der Waals surface area contributed by atoms with Gasteiger partial charge in [0.1, 0.15) is 11.6 Å². The summed E-state index contributed by atoms with van der Waals surface area (Å²) >= 11 is 0. The van der Waals surface area contributed by atoms with Crippen LogP contribution in [0.25, 0.3) is 10.9 Å². The highest BCUT2D eigenvalue weighted by atomic mass is 19.1. The third-order valence-electron chi connectivity index (χ3n) is 2.64. The van der Waals surface area contributed by atoms with Crippen LogP contribution >= 0.6 is 0 Å². The lowest BCUT2D eigenvalue weighted by atomic mass is 10.1. The number of aromatic nitrogens is 1. The molecular weight excluding hydrogens is 210 g/mol. The second-order valence-corrected chi connectivity index (χ2v) is 4.15. The van der Waals surface area contributed by atoms with Crippen LogP contribution in [0.5, 0.6) is 0 Å². The summed E-state index contributed by atoms with van der Waals surface area (Å²) in [5.74, 6) is -0.779. The molecule has 0 amide bonds. The first-order valence-electron chi connectivity index (χ1n) is 5.18. The van der Waals surface area contributed by atoms with E-state index in [0.717, 1.165) is 18.2 Å². The maximum Gasteiger partial charge on any atom is 0.147 e. The number of fused-ring (bicyclic) bond motifs is 1. The number of benzene rings is 1. The van der Waals surface area contributed by atoms with Gasteiger partial charge in [0.15, 0.2) is 0 Å². The fraction of sp³-hybridized carbons (Fsp3) is 0.333. The highest BCUT2D eigenvalue weighted by Crippen LogP contribution is 2.24. The molecule has 4 heteroatoms. The smallest absolute Gasteiger partial charge is 0.147 e. The Morgan fingerprint density at radius 2 is 1.88 bits per heavy atom. The van der Waals surface area contributed by atoms with E-state index in [0.29, 0.717) is 11.8 Å². The van der Waals surface area contributed by atoms with Gasteiger partial charge in [0.05, 0.1) is 5.52 Å². The van der Waals surface area contributed by atoms with Crippen molar-refractivity contribution in [1.82, 2.24) is 9.88 Å². The number of nitrogens with zero attached hydrogens (tertiary/aromatic N) is 1. The highest BCUT2D eigenvalue weighted by Gasteiger charge is 2.12. The van der Waals surface area contributed by atoms with Gasteiger partial charge in [-0.15, -0.1) is 0 Å². The van der Waals surface area contributed by atoms with Crippen LogP contribution in [0.1, 0.15) is 5.56 Å². The molecule has 0 unspecified atom stereocenters. The Balaban J connectivity index is 2.43. The average Bonchev–Trinajstić information content (AvgIpc) is 2.65. The minimum absolute atomic E-state index is 0.258. The molecule has 0 aliphatic heterocycles. The van der Waals surface area contributed by atoms with E-state index < -0.39 is 5.82 Å². The molecule has 86 valence electrons. The molecule has 1 aromatic carbocycles. The van der Waals surface area contributed by atoms with E-state index in [-0.39, 0.29) is 11.3 Å². The van der Waals surface area contributed by atoms with Gasteiger partial charge < -0.3 is 9.88 Å². The van der Waals surface area contributed by atoms with Crippen molar-refractivity contribution in [3.8, 4) is 0 Å². The molecule has 0 atom stereocenters. The van der Waals surface area contributed by atoms with Gasteiger partial charge in [-0.3, -0.25) is 0 Å². The van der Waals surface area contributed by atoms with Crippen molar-refractivity contribution in [2.75, 3.05) is 20.6 Å². The Bertz CT molecular complexity index is 503. The molecule has 16 heavy (non-hydrogen) atoms. The third kappa shape index (κ3) is 1.93. The van der Waals surface area contributed by atoms with E-state index in [2.05, 4.69) is 4.98 Å². The van der Waals surface area contributed by atoms with Crippen LogP contribution in [0.15, 0.2) is 18.3 Å². The van der Waals surface area contributed by atoms with Crippen LogP contribution < -0.4 is 0 Å². The number of hydrogen-bond acceptors (Lipinski definition) is 1. The van der Waals surface area contributed by atoms with Crippen LogP contribution in [-0.4, -0.2) is 30.5 Å². The van der Waals surface area contributed by atoms with Crippen LogP contribution in [0, 0.1) is 11.6 Å². The summed E-state index contributed by atoms with van der Waals surface area (Å²) in [5, 5.41) is 0.377. The van der Waals surface area contributed by atoms with Crippen LogP contribution in [0.2, 0.25) is 0 Å². The molecule has 0 bridgehead atoms. The van der Waals surface area contributed by atoms with E-state index in [1.54, 1.807) is 6.20 Å². The molecule has 2 aromatic rings. The van der Waals surface area contributed by atoms with Crippen molar-refractivity contribution in [3.05, 3.63) is 35.5 Å². The fourth-order valence-corrected chi connectivity index (χ4v) is 1.78. The lowest BCUT2D eigenvalue weighted by Gasteiger charge is -2.08. The van der Waals surface area contributed by atoms with Crippen molar-refractivity contribution >= 4 is 10.9 Å². The third-order valence-corrected chi connectivity index (χ3v) is 2.64. The van der Waals surface area contributed by atoms with E-state index in [1.165, 1.54) is 6.07 Å². The lowest BCUT2D eigenvalue weighted by molar-refractivity contribution is 0.414. The Labute approximate surface area is 92.9 Å². The molecular formula is C12H14F2N2. The van der Waals surface area contributed by atoms with Crippen molar-refractivity contribution < 1.29 is 8.78 Å². The van der Waals surface area contributed by atoms with Crippen molar-refractivity contribution in [2.45, 2.75) is 6.42 Å². The summed E-state index contributed by atoms with van der Waals surface area (Å²) in [5.41, 5.74) is 1.08. The van der Waals surface area contributed by atoms with E-state index in [9.17, 15) is 8.78 Å². The number of nitrogens with one attached hydrogen (secondary N) is 1. The molecule has 1 N–H and O–H groups in total. The Morgan fingerprint density at radius 3 is 2.56 bits per heavy atom. The van der Waals surface area contributed by atoms with Gasteiger partial charge >= 0.3 is 0 Å². The Morgan fingerprint density at radius 1 is 1.19 bits per heavy atom. The van der Waals surface area contributed by atoms with Crippen molar-refractivity contribution in [2.24, 2.45) is 0 Å². The molecule has 0 aliphatic rings. The summed E-state index contributed by atoms with van der Waals surface area (Å²) in [6.45, 7) is 0.808. The minimum atomic E-state index is -0.410. The van der Waals surface area contributed by atoms with Gasteiger partial charge in [-0.05, 0) is 38.2 Å². The van der Waals surface area contributed by atoms with Crippen molar-refractivity contribution in [1.29, 1.82) is 0 Å². The number of aromatic amines is 1. The van der Waals surface area contributed by atoms with E-state index in [4.69, 9.17) is 0 Å². The largest absolute Gasteiger partial charge is 0.358 e. The molecule has 0 radical (unpaired) electrons. The zero-order chi connectivity index (χ0) is 11.7. The SMILES string of the molecule is CN(C)CCc1c[nH]c2c(F)ccc(F)c12. The maximum atomic E-state index is 13.6. The molecule has 2 rings (SSSR count). The monoisotopic (exact) mass is 224 g/mol. The second kappa shape index (κ2) is 4.22. The number of H-pyrrole nitrogens is 1. The lowest BCUT2D eigenvalue weighted by Crippen LogP contribution is -2.14. The summed E-state index contributed by atoms with van der Waals surface area (Å²) in [7, 11) is 3.90. The number of rotatable bonds is 3. The molecule has 2 nitrogen and oxygen atoms in total. The molecule has 0 spiro atoms. The quantitative estimate of drug-likeness (QED) is 0.848. The number of likely N-dealkylation sites (N-methyl/N-ethyl adjacent to an activating group) is 1. The van der Waals surface area contributed by atoms with Gasteiger partial charge in [0.2, 0.25) is 0 Å². The molecule has 0 saturated heterocycles. The van der Waals surface area contributed by atoms with E-state index >= 15 is 0 Å². The fourth-order valence-electron chi connectivity index (χ4n) is 1.78. The summed E-state index contributed by atoms with van der Waals surface area (Å²) < 4.78 is 27.0. The van der Waals surface area contributed by atoms with Gasteiger partial charge in [-0.1, -0.05) is 0 Å². The Hall–Kier alpha value is -1.42. The van der Waals surface area contributed by atoms with Gasteiger partial charge in [0.25, 0.3) is 0 Å². The Kier molecular flexibility index (Phi) is 2.92. The highest BCUT2D eigenvalue weighted by molar-refractivity contribution is 5.84. The van der Waals surface area contributed by atoms with E-state index in [1.807, 2.05) is 19.0 Å². The topological polar surface area (TPSA) is 19.0 Å². The summed E-state index contributed by atoms with van der Waals surface area (Å²) in [6.07, 6.45) is 2.38. The van der Waals surface area contributed by atoms with Gasteiger partial charge in [0, 0.05) is 18.1 Å². The maximum absolute atomic E-state index is 13.6. The second-order valence-electron chi connectivity index (χ2n) is 4.15. The molecule has 0 saturated carbocycles. The summed E-state index contributed by atoms with van der Waals surface area (Å²) in [6, 6.07) is 2.31. The predicted molar refractivity (Wildman–Crippen MR) is 60.5 cm³/mol. The zero-order valence-corrected chi connectivity index (χ0v) is 9.35. The minimum Gasteiger partial charge on any atom is -0.358 e. The molecule has 1 aromatic heterocycles. The standard InChI is InChI=1S/C12H14F2N2/c1-16(2)6-5-8-7-15-12-10(14)4-3-9(13)11(8)12/h3-4,7,15H,5-6H2,1-2H3. The first kappa shape index (κ1) is 11.1. The number of hydrogen-bond donors (Lipinski definition) is 1. The molecule has 0 aliphatic carbocycles. The van der Waals surface area contributed by atoms with Crippen LogP contribution in [0.4, 0.5) is 8.78 Å². The first-order chi connectivity index (χ1) is 7.59. The van der Waals surface area contributed by atoms with Crippen molar-refractivity contribution in [3.63, 3.8) is 0 Å². The van der Waals surface area contributed by atoms with Gasteiger partial charge in [-0.2, -0.15) is 0 Å². The normalized spacial score (nSPS) is 11.6. The predicted octanol–water partition coefficient (Wildman–Crippen LogP) is 2.55. The van der Waals surface area contributed by atoms with Gasteiger partial charge in [-0.25, -0.2) is 8.78 Å². The average molecular weight is 224 g/mol. The number of halogens is 2. The van der Waals surface area contributed by atoms with Crippen LogP contribution in [0.3, 0.4) is 0 Å². The first-order valence-corrected chi connectivity index (χ1v) is 5.18. The molecule has 1 heterocycles.